The summed E-state index contributed by atoms with van der Waals surface area (Å²) >= 11 is 0. The van der Waals surface area contributed by atoms with Gasteiger partial charge in [-0.2, -0.15) is 9.78 Å². The van der Waals surface area contributed by atoms with E-state index in [1.165, 1.54) is 4.68 Å². The van der Waals surface area contributed by atoms with E-state index in [1.54, 1.807) is 13.3 Å². The van der Waals surface area contributed by atoms with Crippen LogP contribution in [0.5, 0.6) is 0 Å². The van der Waals surface area contributed by atoms with Gasteiger partial charge < -0.3 is 15.0 Å². The molecule has 23 heavy (non-hydrogen) atoms. The van der Waals surface area contributed by atoms with Gasteiger partial charge in [-0.05, 0) is 41.5 Å². The largest absolute Gasteiger partial charge is 0.493 e. The molecule has 0 fully saturated rings. The average Bonchev–Trinajstić information content (AvgIpc) is 2.91. The normalized spacial score (nSPS) is 10.9. The summed E-state index contributed by atoms with van der Waals surface area (Å²) in [4.78, 5) is 15.9. The predicted molar refractivity (Wildman–Crippen MR) is 88.9 cm³/mol. The highest BCUT2D eigenvalue weighted by molar-refractivity contribution is 5.80. The lowest BCUT2D eigenvalue weighted by atomic mass is 10.2. The van der Waals surface area contributed by atoms with E-state index in [0.29, 0.717) is 0 Å². The first kappa shape index (κ1) is 16.4. The molecule has 0 saturated heterocycles. The van der Waals surface area contributed by atoms with Crippen LogP contribution in [-0.2, 0) is 7.05 Å². The molecular formula is C14H19N7O2. The molecule has 122 valence electrons. The van der Waals surface area contributed by atoms with Crippen molar-refractivity contribution in [2.75, 3.05) is 23.4 Å². The van der Waals surface area contributed by atoms with Gasteiger partial charge in [-0.15, -0.1) is 0 Å². The second kappa shape index (κ2) is 7.34. The van der Waals surface area contributed by atoms with Crippen molar-refractivity contribution in [3.63, 3.8) is 0 Å². The van der Waals surface area contributed by atoms with Crippen LogP contribution in [0.1, 0.15) is 19.4 Å². The summed E-state index contributed by atoms with van der Waals surface area (Å²) in [5, 5.41) is 18.3. The average molecular weight is 317 g/mol. The van der Waals surface area contributed by atoms with Crippen molar-refractivity contribution in [1.82, 2.24) is 14.8 Å². The zero-order chi connectivity index (χ0) is 16.8. The van der Waals surface area contributed by atoms with Crippen molar-refractivity contribution >= 4 is 23.8 Å². The molecule has 2 rings (SSSR count). The summed E-state index contributed by atoms with van der Waals surface area (Å²) in [6.45, 7) is 6.14. The van der Waals surface area contributed by atoms with Gasteiger partial charge in [0.05, 0.1) is 6.21 Å². The molecule has 9 nitrogen and oxygen atoms in total. The number of anilines is 2. The van der Waals surface area contributed by atoms with Gasteiger partial charge in [0.25, 0.3) is 0 Å². The van der Waals surface area contributed by atoms with E-state index in [0.717, 1.165) is 24.3 Å². The van der Waals surface area contributed by atoms with Crippen molar-refractivity contribution in [1.29, 1.82) is 0 Å². The molecule has 1 N–H and O–H groups in total. The quantitative estimate of drug-likeness (QED) is 0.476. The predicted octanol–water partition coefficient (Wildman–Crippen LogP) is 2.02. The van der Waals surface area contributed by atoms with Crippen LogP contribution in [0.25, 0.3) is 0 Å². The Hall–Kier alpha value is -2.97. The number of nitro groups is 1. The van der Waals surface area contributed by atoms with E-state index < -0.39 is 10.9 Å². The molecule has 0 atom stereocenters. The van der Waals surface area contributed by atoms with E-state index in [9.17, 15) is 10.1 Å². The Balaban J connectivity index is 2.02. The second-order valence-corrected chi connectivity index (χ2v) is 4.75. The summed E-state index contributed by atoms with van der Waals surface area (Å²) in [7, 11) is 1.55. The molecule has 0 aliphatic heterocycles. The van der Waals surface area contributed by atoms with Crippen LogP contribution in [0.4, 0.5) is 17.6 Å². The Kier molecular flexibility index (Phi) is 5.23. The number of rotatable bonds is 7. The molecule has 1 heterocycles. The molecule has 0 unspecified atom stereocenters. The standard InChI is InChI=1S/C14H19N7O2/c1-4-20(5-2)12-8-6-11(7-9-12)10-15-17-13-16-14(21(22)23)18-19(13)3/h6-10H,4-5H2,1-3H3,(H,16,17,18). The maximum Gasteiger partial charge on any atom is 0.493 e. The number of aromatic nitrogens is 3. The van der Waals surface area contributed by atoms with Crippen molar-refractivity contribution in [3.8, 4) is 0 Å². The maximum absolute atomic E-state index is 10.6. The fraction of sp³-hybridized carbons (Fsp3) is 0.357. The third kappa shape index (κ3) is 4.02. The van der Waals surface area contributed by atoms with E-state index in [4.69, 9.17) is 0 Å². The molecule has 0 bridgehead atoms. The minimum atomic E-state index is -0.652. The van der Waals surface area contributed by atoms with Crippen LogP contribution in [0, 0.1) is 10.1 Å². The highest BCUT2D eigenvalue weighted by atomic mass is 16.6. The first-order chi connectivity index (χ1) is 11.0. The second-order valence-electron chi connectivity index (χ2n) is 4.75. The lowest BCUT2D eigenvalue weighted by Gasteiger charge is -2.20. The molecule has 2 aromatic rings. The van der Waals surface area contributed by atoms with Gasteiger partial charge in [0.15, 0.2) is 0 Å². The maximum atomic E-state index is 10.6. The van der Waals surface area contributed by atoms with Crippen molar-refractivity contribution in [2.24, 2.45) is 12.1 Å². The zero-order valence-electron chi connectivity index (χ0n) is 13.3. The fourth-order valence-corrected chi connectivity index (χ4v) is 2.07. The number of hydrogen-bond acceptors (Lipinski definition) is 7. The summed E-state index contributed by atoms with van der Waals surface area (Å²) in [6, 6.07) is 7.97. The molecule has 1 aromatic carbocycles. The lowest BCUT2D eigenvalue weighted by Crippen LogP contribution is -2.21. The van der Waals surface area contributed by atoms with E-state index in [-0.39, 0.29) is 5.95 Å². The first-order valence-corrected chi connectivity index (χ1v) is 7.24. The number of nitrogens with one attached hydrogen (secondary N) is 1. The van der Waals surface area contributed by atoms with Crippen molar-refractivity contribution in [3.05, 3.63) is 39.9 Å². The smallest absolute Gasteiger partial charge is 0.390 e. The Morgan fingerprint density at radius 2 is 2.00 bits per heavy atom. The zero-order valence-corrected chi connectivity index (χ0v) is 13.3. The van der Waals surface area contributed by atoms with E-state index in [2.05, 4.69) is 39.4 Å². The van der Waals surface area contributed by atoms with Gasteiger partial charge in [-0.1, -0.05) is 12.1 Å². The minimum absolute atomic E-state index is 0.202. The molecule has 0 spiro atoms. The number of benzene rings is 1. The van der Waals surface area contributed by atoms with Gasteiger partial charge in [0.2, 0.25) is 0 Å². The summed E-state index contributed by atoms with van der Waals surface area (Å²) < 4.78 is 1.26. The van der Waals surface area contributed by atoms with Crippen molar-refractivity contribution < 1.29 is 4.92 Å². The van der Waals surface area contributed by atoms with Crippen molar-refractivity contribution in [2.45, 2.75) is 13.8 Å². The highest BCUT2D eigenvalue weighted by Gasteiger charge is 2.18. The number of hydrazone groups is 1. The minimum Gasteiger partial charge on any atom is -0.390 e. The summed E-state index contributed by atoms with van der Waals surface area (Å²) in [5.74, 6) is -0.263. The van der Waals surface area contributed by atoms with Gasteiger partial charge in [-0.3, -0.25) is 0 Å². The third-order valence-electron chi connectivity index (χ3n) is 3.32. The third-order valence-corrected chi connectivity index (χ3v) is 3.32. The van der Waals surface area contributed by atoms with E-state index in [1.807, 2.05) is 24.3 Å². The molecule has 0 aliphatic rings. The van der Waals surface area contributed by atoms with Crippen LogP contribution >= 0.6 is 0 Å². The summed E-state index contributed by atoms with van der Waals surface area (Å²) in [6.07, 6.45) is 1.62. The number of aryl methyl sites for hydroxylation is 1. The molecule has 0 saturated carbocycles. The highest BCUT2D eigenvalue weighted by Crippen LogP contribution is 2.14. The summed E-state index contributed by atoms with van der Waals surface area (Å²) in [5.41, 5.74) is 4.70. The molecule has 9 heteroatoms. The monoisotopic (exact) mass is 317 g/mol. The van der Waals surface area contributed by atoms with Gasteiger partial charge >= 0.3 is 11.9 Å². The Labute approximate surface area is 133 Å². The molecule has 1 aromatic heterocycles. The molecule has 0 amide bonds. The molecular weight excluding hydrogens is 298 g/mol. The van der Waals surface area contributed by atoms with Gasteiger partial charge in [-0.25, -0.2) is 5.43 Å². The topological polar surface area (TPSA) is 101 Å². The van der Waals surface area contributed by atoms with Crippen LogP contribution in [0.2, 0.25) is 0 Å². The van der Waals surface area contributed by atoms with Gasteiger partial charge in [0.1, 0.15) is 0 Å². The molecule has 0 radical (unpaired) electrons. The van der Waals surface area contributed by atoms with Crippen LogP contribution < -0.4 is 10.3 Å². The fourth-order valence-electron chi connectivity index (χ4n) is 2.07. The van der Waals surface area contributed by atoms with E-state index >= 15 is 0 Å². The SMILES string of the molecule is CCN(CC)c1ccc(C=NNc2nc([N+](=O)[O-])nn2C)cc1. The molecule has 0 aliphatic carbocycles. The Bertz CT molecular complexity index is 690. The number of nitrogens with zero attached hydrogens (tertiary/aromatic N) is 6. The Morgan fingerprint density at radius 1 is 1.35 bits per heavy atom. The van der Waals surface area contributed by atoms with Crippen LogP contribution in [-0.4, -0.2) is 39.0 Å². The first-order valence-electron chi connectivity index (χ1n) is 7.24. The number of hydrogen-bond donors (Lipinski definition) is 1. The lowest BCUT2D eigenvalue weighted by molar-refractivity contribution is -0.394. The van der Waals surface area contributed by atoms with Crippen LogP contribution in [0.3, 0.4) is 0 Å². The van der Waals surface area contributed by atoms with Gasteiger partial charge in [0, 0.05) is 30.9 Å². The van der Waals surface area contributed by atoms with Crippen LogP contribution in [0.15, 0.2) is 29.4 Å². The Morgan fingerprint density at radius 3 is 2.52 bits per heavy atom.